The molecule has 0 saturated carbocycles. The lowest BCUT2D eigenvalue weighted by Crippen LogP contribution is -2.42. The van der Waals surface area contributed by atoms with Crippen molar-refractivity contribution in [1.82, 2.24) is 30.2 Å². The number of amides is 1. The summed E-state index contributed by atoms with van der Waals surface area (Å²) >= 11 is 8.12. The van der Waals surface area contributed by atoms with Gasteiger partial charge in [-0.15, -0.1) is 0 Å². The van der Waals surface area contributed by atoms with E-state index in [4.69, 9.17) is 27.3 Å². The van der Waals surface area contributed by atoms with Gasteiger partial charge >= 0.3 is 0 Å². The fourth-order valence-corrected chi connectivity index (χ4v) is 5.45. The zero-order chi connectivity index (χ0) is 25.4. The SMILES string of the molecule is CCc1[nH]c2nc(Sc3cnc4cccnc4c3)nc(N3C[C@H](N)[C@H](C(=O)NCC(C)O)C3)c2c1Cl. The number of carbonyl (C=O) groups excluding carboxylic acids is 1. The number of nitrogens with two attached hydrogens (primary N) is 1. The average molecular weight is 527 g/mol. The predicted molar refractivity (Wildman–Crippen MR) is 140 cm³/mol. The van der Waals surface area contributed by atoms with E-state index >= 15 is 0 Å². The molecule has 0 bridgehead atoms. The number of aromatic nitrogens is 5. The molecule has 0 aromatic carbocycles. The Hall–Kier alpha value is -2.99. The van der Waals surface area contributed by atoms with E-state index in [1.54, 1.807) is 19.3 Å². The highest BCUT2D eigenvalue weighted by Gasteiger charge is 2.37. The maximum atomic E-state index is 12.7. The van der Waals surface area contributed by atoms with Crippen LogP contribution in [0.2, 0.25) is 5.02 Å². The van der Waals surface area contributed by atoms with Crippen molar-refractivity contribution in [3.8, 4) is 0 Å². The number of fused-ring (bicyclic) bond motifs is 2. The molecule has 5 rings (SSSR count). The molecule has 3 atom stereocenters. The van der Waals surface area contributed by atoms with Crippen LogP contribution in [0.3, 0.4) is 0 Å². The van der Waals surface area contributed by atoms with E-state index in [2.05, 4.69) is 20.3 Å². The lowest BCUT2D eigenvalue weighted by atomic mass is 10.0. The topological polar surface area (TPSA) is 146 Å². The van der Waals surface area contributed by atoms with E-state index < -0.39 is 12.0 Å². The van der Waals surface area contributed by atoms with Crippen LogP contribution in [-0.2, 0) is 11.2 Å². The molecule has 10 nitrogen and oxygen atoms in total. The number of hydrogen-bond acceptors (Lipinski definition) is 9. The Balaban J connectivity index is 1.50. The first-order chi connectivity index (χ1) is 17.3. The molecule has 0 radical (unpaired) electrons. The zero-order valence-corrected chi connectivity index (χ0v) is 21.5. The number of carbonyl (C=O) groups is 1. The lowest BCUT2D eigenvalue weighted by molar-refractivity contribution is -0.125. The Labute approximate surface area is 217 Å². The quantitative estimate of drug-likeness (QED) is 0.267. The van der Waals surface area contributed by atoms with E-state index in [0.29, 0.717) is 46.5 Å². The van der Waals surface area contributed by atoms with Gasteiger partial charge in [0.1, 0.15) is 11.5 Å². The molecule has 0 aliphatic carbocycles. The Morgan fingerprint density at radius 1 is 1.36 bits per heavy atom. The first kappa shape index (κ1) is 24.7. The molecule has 1 amide bonds. The van der Waals surface area contributed by atoms with Gasteiger partial charge in [-0.1, -0.05) is 18.5 Å². The van der Waals surface area contributed by atoms with Gasteiger partial charge in [0.05, 0.1) is 33.5 Å². The summed E-state index contributed by atoms with van der Waals surface area (Å²) in [5, 5.41) is 14.1. The summed E-state index contributed by atoms with van der Waals surface area (Å²) in [5.41, 5.74) is 9.48. The fraction of sp³-hybridized carbons (Fsp3) is 0.375. The highest BCUT2D eigenvalue weighted by molar-refractivity contribution is 7.99. The third kappa shape index (κ3) is 4.83. The number of anilines is 1. The van der Waals surface area contributed by atoms with Gasteiger partial charge in [-0.3, -0.25) is 14.8 Å². The minimum absolute atomic E-state index is 0.179. The summed E-state index contributed by atoms with van der Waals surface area (Å²) in [4.78, 5) is 37.4. The van der Waals surface area contributed by atoms with Crippen LogP contribution in [0.25, 0.3) is 22.1 Å². The molecule has 0 spiro atoms. The van der Waals surface area contributed by atoms with Crippen LogP contribution in [0, 0.1) is 5.92 Å². The number of hydrogen-bond donors (Lipinski definition) is 4. The van der Waals surface area contributed by atoms with Crippen molar-refractivity contribution in [3.63, 3.8) is 0 Å². The Morgan fingerprint density at radius 2 is 2.19 bits per heavy atom. The molecule has 188 valence electrons. The third-order valence-electron chi connectivity index (χ3n) is 6.19. The summed E-state index contributed by atoms with van der Waals surface area (Å²) in [6, 6.07) is 5.33. The Kier molecular flexibility index (Phi) is 6.98. The summed E-state index contributed by atoms with van der Waals surface area (Å²) in [6.07, 6.45) is 3.59. The molecule has 1 fully saturated rings. The first-order valence-corrected chi connectivity index (χ1v) is 13.0. The fourth-order valence-electron chi connectivity index (χ4n) is 4.34. The van der Waals surface area contributed by atoms with Crippen LogP contribution in [0.4, 0.5) is 5.82 Å². The van der Waals surface area contributed by atoms with Crippen LogP contribution in [-0.4, -0.2) is 67.7 Å². The van der Waals surface area contributed by atoms with Crippen LogP contribution in [0.15, 0.2) is 40.6 Å². The zero-order valence-electron chi connectivity index (χ0n) is 19.9. The predicted octanol–water partition coefficient (Wildman–Crippen LogP) is 2.53. The maximum Gasteiger partial charge on any atom is 0.226 e. The highest BCUT2D eigenvalue weighted by atomic mass is 35.5. The van der Waals surface area contributed by atoms with Crippen molar-refractivity contribution in [3.05, 3.63) is 41.3 Å². The molecule has 1 aliphatic heterocycles. The molecule has 36 heavy (non-hydrogen) atoms. The van der Waals surface area contributed by atoms with Crippen molar-refractivity contribution < 1.29 is 9.90 Å². The number of pyridine rings is 2. The number of aliphatic hydroxyl groups excluding tert-OH is 1. The number of H-pyrrole nitrogens is 1. The van der Waals surface area contributed by atoms with Crippen LogP contribution in [0.1, 0.15) is 19.5 Å². The number of halogens is 1. The second-order valence-corrected chi connectivity index (χ2v) is 10.3. The smallest absolute Gasteiger partial charge is 0.226 e. The van der Waals surface area contributed by atoms with Gasteiger partial charge in [-0.2, -0.15) is 0 Å². The van der Waals surface area contributed by atoms with Crippen molar-refractivity contribution in [2.24, 2.45) is 11.7 Å². The average Bonchev–Trinajstić information content (AvgIpc) is 3.41. The molecule has 1 saturated heterocycles. The number of nitrogens with one attached hydrogen (secondary N) is 2. The van der Waals surface area contributed by atoms with Gasteiger partial charge < -0.3 is 26.0 Å². The van der Waals surface area contributed by atoms with Crippen LogP contribution < -0.4 is 16.0 Å². The number of nitrogens with zero attached hydrogens (tertiary/aromatic N) is 5. The number of aromatic amines is 1. The molecule has 5 heterocycles. The van der Waals surface area contributed by atoms with Gasteiger partial charge in [0.25, 0.3) is 0 Å². The minimum Gasteiger partial charge on any atom is -0.392 e. The van der Waals surface area contributed by atoms with E-state index in [9.17, 15) is 9.90 Å². The summed E-state index contributed by atoms with van der Waals surface area (Å²) in [7, 11) is 0. The van der Waals surface area contributed by atoms with Crippen LogP contribution in [0.5, 0.6) is 0 Å². The first-order valence-electron chi connectivity index (χ1n) is 11.8. The molecule has 1 aliphatic rings. The monoisotopic (exact) mass is 526 g/mol. The highest BCUT2D eigenvalue weighted by Crippen LogP contribution is 2.38. The van der Waals surface area contributed by atoms with Crippen LogP contribution >= 0.6 is 23.4 Å². The van der Waals surface area contributed by atoms with E-state index in [-0.39, 0.29) is 18.5 Å². The number of aliphatic hydroxyl groups is 1. The van der Waals surface area contributed by atoms with E-state index in [1.807, 2.05) is 30.0 Å². The van der Waals surface area contributed by atoms with Gasteiger partial charge in [0, 0.05) is 48.7 Å². The van der Waals surface area contributed by atoms with Crippen molar-refractivity contribution >= 4 is 57.2 Å². The summed E-state index contributed by atoms with van der Waals surface area (Å²) in [5.74, 6) is 0.00976. The van der Waals surface area contributed by atoms with Gasteiger partial charge in [-0.05, 0) is 43.3 Å². The second kappa shape index (κ2) is 10.2. The van der Waals surface area contributed by atoms with Crippen molar-refractivity contribution in [2.45, 2.75) is 42.5 Å². The molecule has 4 aromatic rings. The van der Waals surface area contributed by atoms with Crippen molar-refractivity contribution in [2.75, 3.05) is 24.5 Å². The number of aryl methyl sites for hydroxylation is 1. The van der Waals surface area contributed by atoms with Gasteiger partial charge in [0.15, 0.2) is 5.16 Å². The van der Waals surface area contributed by atoms with Gasteiger partial charge in [0.2, 0.25) is 5.91 Å². The molecule has 4 aromatic heterocycles. The molecule has 1 unspecified atom stereocenters. The van der Waals surface area contributed by atoms with E-state index in [0.717, 1.165) is 21.6 Å². The Bertz CT molecular complexity index is 1430. The number of rotatable bonds is 7. The molecule has 5 N–H and O–H groups in total. The molecular formula is C24H27ClN8O2S. The third-order valence-corrected chi connectivity index (χ3v) is 7.43. The van der Waals surface area contributed by atoms with Gasteiger partial charge in [-0.25, -0.2) is 9.97 Å². The van der Waals surface area contributed by atoms with E-state index in [1.165, 1.54) is 11.8 Å². The minimum atomic E-state index is -0.630. The molecular weight excluding hydrogens is 500 g/mol. The maximum absolute atomic E-state index is 12.7. The largest absolute Gasteiger partial charge is 0.392 e. The Morgan fingerprint density at radius 3 is 2.97 bits per heavy atom. The normalized spacial score (nSPS) is 18.8. The summed E-state index contributed by atoms with van der Waals surface area (Å²) < 4.78 is 0. The standard InChI is InChI=1S/C24H27ClN8O2S/c1-3-16-20(25)19-21(30-16)31-24(36-13-7-18-17(28-9-13)5-4-6-27-18)32-22(19)33-10-14(15(26)11-33)23(35)29-8-12(2)34/h4-7,9,12,14-15,34H,3,8,10-11,26H2,1-2H3,(H,29,35)(H,30,31,32)/t12?,14-,15+/m1/s1. The second-order valence-electron chi connectivity index (χ2n) is 8.91. The van der Waals surface area contributed by atoms with Crippen molar-refractivity contribution in [1.29, 1.82) is 0 Å². The lowest BCUT2D eigenvalue weighted by Gasteiger charge is -2.19. The molecule has 12 heteroatoms. The summed E-state index contributed by atoms with van der Waals surface area (Å²) in [6.45, 7) is 4.64.